The van der Waals surface area contributed by atoms with Crippen LogP contribution in [0.2, 0.25) is 0 Å². The average molecular weight is 757 g/mol. The molecule has 10 nitrogen and oxygen atoms in total. The Bertz CT molecular complexity index is 2040. The Hall–Kier alpha value is -6.03. The van der Waals surface area contributed by atoms with Crippen molar-refractivity contribution in [1.29, 1.82) is 0 Å². The number of carbonyl (C=O) groups excluding carboxylic acids is 2. The number of benzene rings is 4. The molecular weight excluding hydrogens is 705 g/mol. The summed E-state index contributed by atoms with van der Waals surface area (Å²) < 4.78 is 5.90. The predicted octanol–water partition coefficient (Wildman–Crippen LogP) is 8.84. The lowest BCUT2D eigenvalue weighted by molar-refractivity contribution is -0.137. The largest absolute Gasteiger partial charge is 0.508 e. The highest BCUT2D eigenvalue weighted by Gasteiger charge is 2.27. The van der Waals surface area contributed by atoms with E-state index in [0.717, 1.165) is 40.0 Å². The van der Waals surface area contributed by atoms with Gasteiger partial charge in [-0.3, -0.25) is 14.4 Å². The zero-order valence-electron chi connectivity index (χ0n) is 32.6. The Morgan fingerprint density at radius 1 is 0.768 bits per heavy atom. The van der Waals surface area contributed by atoms with E-state index in [2.05, 4.69) is 48.3 Å². The van der Waals surface area contributed by atoms with Gasteiger partial charge in [0.05, 0.1) is 19.1 Å². The Kier molecular flexibility index (Phi) is 14.3. The number of aromatic hydroxyl groups is 1. The average Bonchev–Trinajstić information content (AvgIpc) is 3.19. The van der Waals surface area contributed by atoms with Crippen molar-refractivity contribution < 1.29 is 29.3 Å². The molecule has 1 unspecified atom stereocenters. The number of phenolic OH excluding ortho intramolecular Hbond substituents is 1. The van der Waals surface area contributed by atoms with Crippen LogP contribution in [0, 0.1) is 0 Å². The van der Waals surface area contributed by atoms with Crippen molar-refractivity contribution in [2.75, 3.05) is 6.61 Å². The number of carboxylic acids is 1. The molecule has 0 fully saturated rings. The Morgan fingerprint density at radius 3 is 2.05 bits per heavy atom. The van der Waals surface area contributed by atoms with Crippen LogP contribution in [0.5, 0.6) is 11.5 Å². The lowest BCUT2D eigenvalue weighted by Gasteiger charge is -2.24. The van der Waals surface area contributed by atoms with E-state index in [0.29, 0.717) is 23.6 Å². The number of hydrogen-bond donors (Lipinski definition) is 4. The van der Waals surface area contributed by atoms with Gasteiger partial charge in [0.1, 0.15) is 17.5 Å². The fourth-order valence-electron chi connectivity index (χ4n) is 6.30. The molecule has 292 valence electrons. The SMILES string of the molecule is CCCCCCCOc1ccc(-c2cnc(-c3ccc(C[C@H](NC(=O)c4ccc(C(C)(C)C)cc4)C(=O)NC(CC(=O)O)c4cccc(O)c4)cc3)nc2)cc1. The number of hydrogen-bond acceptors (Lipinski definition) is 7. The van der Waals surface area contributed by atoms with Crippen LogP contribution < -0.4 is 15.4 Å². The summed E-state index contributed by atoms with van der Waals surface area (Å²) >= 11 is 0. The lowest BCUT2D eigenvalue weighted by atomic mass is 9.86. The minimum absolute atomic E-state index is 0.0581. The molecule has 0 aliphatic heterocycles. The van der Waals surface area contributed by atoms with Gasteiger partial charge in [-0.2, -0.15) is 0 Å². The highest BCUT2D eigenvalue weighted by molar-refractivity contribution is 5.97. The van der Waals surface area contributed by atoms with Crippen molar-refractivity contribution in [2.45, 2.75) is 90.1 Å². The quantitative estimate of drug-likeness (QED) is 0.0648. The maximum Gasteiger partial charge on any atom is 0.305 e. The molecule has 0 bridgehead atoms. The zero-order chi connectivity index (χ0) is 40.1. The maximum atomic E-state index is 13.9. The summed E-state index contributed by atoms with van der Waals surface area (Å²) in [6.45, 7) is 9.18. The maximum absolute atomic E-state index is 13.9. The van der Waals surface area contributed by atoms with E-state index in [1.807, 2.05) is 60.7 Å². The summed E-state index contributed by atoms with van der Waals surface area (Å²) in [5, 5.41) is 25.4. The first-order valence-electron chi connectivity index (χ1n) is 19.3. The third-order valence-corrected chi connectivity index (χ3v) is 9.61. The number of nitrogens with zero attached hydrogens (tertiary/aromatic N) is 2. The number of rotatable bonds is 18. The van der Waals surface area contributed by atoms with Gasteiger partial charge < -0.3 is 25.6 Å². The fraction of sp³-hybridized carbons (Fsp3) is 0.326. The van der Waals surface area contributed by atoms with Crippen molar-refractivity contribution in [3.8, 4) is 34.0 Å². The van der Waals surface area contributed by atoms with Crippen LogP contribution in [-0.2, 0) is 21.4 Å². The number of carboxylic acid groups (broad SMARTS) is 1. The summed E-state index contributed by atoms with van der Waals surface area (Å²) in [6, 6.07) is 26.7. The van der Waals surface area contributed by atoms with Gasteiger partial charge in [-0.15, -0.1) is 0 Å². The molecule has 4 aromatic carbocycles. The number of amides is 2. The van der Waals surface area contributed by atoms with Crippen molar-refractivity contribution in [1.82, 2.24) is 20.6 Å². The molecule has 0 aliphatic carbocycles. The number of aromatic nitrogens is 2. The Morgan fingerprint density at radius 2 is 1.43 bits per heavy atom. The van der Waals surface area contributed by atoms with Gasteiger partial charge in [-0.05, 0) is 70.5 Å². The molecule has 2 amide bonds. The molecule has 0 spiro atoms. The second-order valence-corrected chi connectivity index (χ2v) is 15.1. The number of aliphatic carboxylic acids is 1. The van der Waals surface area contributed by atoms with E-state index in [4.69, 9.17) is 4.74 Å². The molecule has 56 heavy (non-hydrogen) atoms. The molecule has 0 aliphatic rings. The Balaban J connectivity index is 1.28. The van der Waals surface area contributed by atoms with E-state index in [1.54, 1.807) is 36.7 Å². The molecular formula is C46H52N4O6. The van der Waals surface area contributed by atoms with Gasteiger partial charge in [0.2, 0.25) is 5.91 Å². The Labute approximate surface area is 329 Å². The lowest BCUT2D eigenvalue weighted by Crippen LogP contribution is -2.49. The summed E-state index contributed by atoms with van der Waals surface area (Å²) in [4.78, 5) is 48.4. The molecule has 1 aromatic heterocycles. The smallest absolute Gasteiger partial charge is 0.305 e. The molecule has 0 radical (unpaired) electrons. The summed E-state index contributed by atoms with van der Waals surface area (Å²) in [5.74, 6) is -0.820. The number of ether oxygens (including phenoxy) is 1. The van der Waals surface area contributed by atoms with Crippen LogP contribution in [0.1, 0.15) is 99.3 Å². The highest BCUT2D eigenvalue weighted by Crippen LogP contribution is 2.26. The third-order valence-electron chi connectivity index (χ3n) is 9.61. The number of unbranched alkanes of at least 4 members (excludes halogenated alkanes) is 4. The van der Waals surface area contributed by atoms with Crippen LogP contribution in [0.4, 0.5) is 0 Å². The summed E-state index contributed by atoms with van der Waals surface area (Å²) in [6.07, 6.45) is 9.23. The van der Waals surface area contributed by atoms with E-state index in [1.165, 1.54) is 37.8 Å². The first kappa shape index (κ1) is 41.1. The fourth-order valence-corrected chi connectivity index (χ4v) is 6.30. The monoisotopic (exact) mass is 756 g/mol. The molecule has 0 saturated heterocycles. The summed E-state index contributed by atoms with van der Waals surface area (Å²) in [5.41, 5.74) is 5.16. The third kappa shape index (κ3) is 12.0. The second kappa shape index (κ2) is 19.5. The molecule has 0 saturated carbocycles. The van der Waals surface area contributed by atoms with Crippen LogP contribution in [0.25, 0.3) is 22.5 Å². The molecule has 5 aromatic rings. The minimum atomic E-state index is -1.13. The zero-order valence-corrected chi connectivity index (χ0v) is 32.6. The first-order chi connectivity index (χ1) is 26.9. The van der Waals surface area contributed by atoms with Crippen LogP contribution in [-0.4, -0.2) is 50.6 Å². The van der Waals surface area contributed by atoms with Gasteiger partial charge in [0, 0.05) is 35.5 Å². The molecule has 2 atom stereocenters. The van der Waals surface area contributed by atoms with E-state index >= 15 is 0 Å². The predicted molar refractivity (Wildman–Crippen MR) is 219 cm³/mol. The van der Waals surface area contributed by atoms with Gasteiger partial charge >= 0.3 is 5.97 Å². The summed E-state index contributed by atoms with van der Waals surface area (Å²) in [7, 11) is 0. The molecule has 5 rings (SSSR count). The number of nitrogens with one attached hydrogen (secondary N) is 2. The van der Waals surface area contributed by atoms with Gasteiger partial charge in [0.25, 0.3) is 5.91 Å². The minimum Gasteiger partial charge on any atom is -0.508 e. The van der Waals surface area contributed by atoms with E-state index in [9.17, 15) is 24.6 Å². The van der Waals surface area contributed by atoms with Gasteiger partial charge in [0.15, 0.2) is 5.82 Å². The van der Waals surface area contributed by atoms with Gasteiger partial charge in [-0.1, -0.05) is 114 Å². The molecule has 4 N–H and O–H groups in total. The van der Waals surface area contributed by atoms with Crippen LogP contribution in [0.3, 0.4) is 0 Å². The van der Waals surface area contributed by atoms with Crippen LogP contribution >= 0.6 is 0 Å². The van der Waals surface area contributed by atoms with Crippen molar-refractivity contribution in [3.63, 3.8) is 0 Å². The molecule has 1 heterocycles. The number of phenols is 1. The van der Waals surface area contributed by atoms with Crippen LogP contribution in [0.15, 0.2) is 109 Å². The van der Waals surface area contributed by atoms with Crippen molar-refractivity contribution in [3.05, 3.63) is 132 Å². The second-order valence-electron chi connectivity index (χ2n) is 15.1. The van der Waals surface area contributed by atoms with Gasteiger partial charge in [-0.25, -0.2) is 9.97 Å². The molecule has 10 heteroatoms. The van der Waals surface area contributed by atoms with E-state index < -0.39 is 36.3 Å². The standard InChI is InChI=1S/C46H52N4O6/c1-5-6-7-8-9-25-56-39-23-19-32(20-24-39)36-29-47-43(48-30-36)33-15-13-31(14-16-33)26-41(50-44(54)34-17-21-37(22-18-34)46(2,3)4)45(55)49-40(28-42(52)53)35-11-10-12-38(51)27-35/h10-24,27,29-30,40-41,51H,5-9,25-26,28H2,1-4H3,(H,49,55)(H,50,54)(H,52,53)/t40?,41-/m0/s1. The first-order valence-corrected chi connectivity index (χ1v) is 19.3. The topological polar surface area (TPSA) is 151 Å². The normalized spacial score (nSPS) is 12.4. The number of carbonyl (C=O) groups is 3. The highest BCUT2D eigenvalue weighted by atomic mass is 16.5. The van der Waals surface area contributed by atoms with Crippen molar-refractivity contribution in [2.24, 2.45) is 0 Å². The van der Waals surface area contributed by atoms with E-state index in [-0.39, 0.29) is 17.6 Å². The van der Waals surface area contributed by atoms with Crippen molar-refractivity contribution >= 4 is 17.8 Å².